The van der Waals surface area contributed by atoms with Gasteiger partial charge in [0.2, 0.25) is 0 Å². The average molecular weight is 325 g/mol. The van der Waals surface area contributed by atoms with E-state index in [1.165, 1.54) is 16.6 Å². The number of rotatable bonds is 5. The standard InChI is InChI=1S/C14H19N3O2S2/c1-9-5-15-11(21-9)7-17-10(14(2,3)4)6-16-13(17)20-8-12(18)19/h5-6H,7-8H2,1-4H3,(H,18,19). The van der Waals surface area contributed by atoms with Gasteiger partial charge in [0, 0.05) is 28.4 Å². The van der Waals surface area contributed by atoms with Crippen molar-refractivity contribution in [3.63, 3.8) is 0 Å². The summed E-state index contributed by atoms with van der Waals surface area (Å²) in [6, 6.07) is 0. The van der Waals surface area contributed by atoms with Crippen molar-refractivity contribution in [1.82, 2.24) is 14.5 Å². The zero-order valence-corrected chi connectivity index (χ0v) is 14.2. The smallest absolute Gasteiger partial charge is 0.313 e. The number of hydrogen-bond donors (Lipinski definition) is 1. The quantitative estimate of drug-likeness (QED) is 0.855. The molecule has 0 unspecified atom stereocenters. The lowest BCUT2D eigenvalue weighted by Gasteiger charge is -2.21. The first-order valence-corrected chi connectivity index (χ1v) is 8.39. The fraction of sp³-hybridized carbons (Fsp3) is 0.500. The number of carbonyl (C=O) groups is 1. The first-order chi connectivity index (χ1) is 9.77. The molecule has 21 heavy (non-hydrogen) atoms. The molecule has 0 atom stereocenters. The summed E-state index contributed by atoms with van der Waals surface area (Å²) < 4.78 is 2.08. The highest BCUT2D eigenvalue weighted by atomic mass is 32.2. The lowest BCUT2D eigenvalue weighted by atomic mass is 9.93. The molecule has 0 fully saturated rings. The van der Waals surface area contributed by atoms with Crippen molar-refractivity contribution in [3.8, 4) is 0 Å². The minimum Gasteiger partial charge on any atom is -0.481 e. The third-order valence-corrected chi connectivity index (χ3v) is 4.75. The second-order valence-corrected chi connectivity index (χ2v) is 8.07. The van der Waals surface area contributed by atoms with E-state index in [2.05, 4.69) is 35.3 Å². The SMILES string of the molecule is Cc1cnc(Cn2c(C(C)(C)C)cnc2SCC(=O)O)s1. The van der Waals surface area contributed by atoms with Crippen LogP contribution in [-0.4, -0.2) is 31.4 Å². The third-order valence-electron chi connectivity index (χ3n) is 2.87. The summed E-state index contributed by atoms with van der Waals surface area (Å²) in [5.41, 5.74) is 1.03. The van der Waals surface area contributed by atoms with Gasteiger partial charge in [-0.15, -0.1) is 11.3 Å². The van der Waals surface area contributed by atoms with Crippen LogP contribution >= 0.6 is 23.1 Å². The average Bonchev–Trinajstić information content (AvgIpc) is 2.93. The van der Waals surface area contributed by atoms with Crippen LogP contribution in [0.25, 0.3) is 0 Å². The van der Waals surface area contributed by atoms with Gasteiger partial charge in [-0.2, -0.15) is 0 Å². The molecule has 0 saturated heterocycles. The monoisotopic (exact) mass is 325 g/mol. The molecule has 0 bridgehead atoms. The molecule has 0 spiro atoms. The van der Waals surface area contributed by atoms with Gasteiger partial charge in [-0.3, -0.25) is 4.79 Å². The fourth-order valence-corrected chi connectivity index (χ4v) is 3.44. The number of aryl methyl sites for hydroxylation is 1. The van der Waals surface area contributed by atoms with E-state index in [4.69, 9.17) is 5.11 Å². The van der Waals surface area contributed by atoms with Crippen molar-refractivity contribution in [2.45, 2.75) is 44.8 Å². The molecule has 0 aliphatic heterocycles. The van der Waals surface area contributed by atoms with Crippen molar-refractivity contribution in [1.29, 1.82) is 0 Å². The van der Waals surface area contributed by atoms with Crippen LogP contribution in [0.2, 0.25) is 0 Å². The van der Waals surface area contributed by atoms with E-state index in [-0.39, 0.29) is 11.2 Å². The maximum atomic E-state index is 10.8. The van der Waals surface area contributed by atoms with Crippen LogP contribution in [0.3, 0.4) is 0 Å². The van der Waals surface area contributed by atoms with Gasteiger partial charge >= 0.3 is 5.97 Å². The largest absolute Gasteiger partial charge is 0.481 e. The van der Waals surface area contributed by atoms with Gasteiger partial charge in [-0.25, -0.2) is 9.97 Å². The molecule has 2 heterocycles. The number of thiazole rings is 1. The highest BCUT2D eigenvalue weighted by Crippen LogP contribution is 2.29. The van der Waals surface area contributed by atoms with Crippen LogP contribution in [-0.2, 0) is 16.8 Å². The third kappa shape index (κ3) is 4.07. The second-order valence-electron chi connectivity index (χ2n) is 5.81. The van der Waals surface area contributed by atoms with Crippen molar-refractivity contribution in [3.05, 3.63) is 28.0 Å². The van der Waals surface area contributed by atoms with Gasteiger partial charge in [-0.1, -0.05) is 32.5 Å². The predicted octanol–water partition coefficient (Wildman–Crippen LogP) is 3.17. The number of carboxylic acids is 1. The maximum Gasteiger partial charge on any atom is 0.313 e. The Kier molecular flexibility index (Phi) is 4.73. The molecule has 2 rings (SSSR count). The van der Waals surface area contributed by atoms with Gasteiger partial charge in [0.1, 0.15) is 5.01 Å². The Balaban J connectivity index is 2.33. The molecule has 1 N–H and O–H groups in total. The lowest BCUT2D eigenvalue weighted by molar-refractivity contribution is -0.133. The van der Waals surface area contributed by atoms with E-state index in [1.54, 1.807) is 11.3 Å². The molecule has 0 amide bonds. The first kappa shape index (κ1) is 16.0. The topological polar surface area (TPSA) is 68.0 Å². The normalized spacial score (nSPS) is 11.8. The molecule has 0 aromatic carbocycles. The molecule has 114 valence electrons. The fourth-order valence-electron chi connectivity index (χ4n) is 1.96. The number of aromatic nitrogens is 3. The number of aliphatic carboxylic acids is 1. The predicted molar refractivity (Wildman–Crippen MR) is 85.2 cm³/mol. The number of nitrogens with zero attached hydrogens (tertiary/aromatic N) is 3. The summed E-state index contributed by atoms with van der Waals surface area (Å²) in [6.07, 6.45) is 3.70. The Morgan fingerprint density at radius 3 is 2.62 bits per heavy atom. The highest BCUT2D eigenvalue weighted by molar-refractivity contribution is 7.99. The van der Waals surface area contributed by atoms with E-state index >= 15 is 0 Å². The molecule has 0 aliphatic carbocycles. The molecule has 2 aromatic rings. The van der Waals surface area contributed by atoms with Gasteiger partial charge in [-0.05, 0) is 6.92 Å². The van der Waals surface area contributed by atoms with Gasteiger partial charge in [0.15, 0.2) is 5.16 Å². The molecular formula is C14H19N3O2S2. The van der Waals surface area contributed by atoms with Crippen LogP contribution in [0, 0.1) is 6.92 Å². The Morgan fingerprint density at radius 2 is 2.10 bits per heavy atom. The van der Waals surface area contributed by atoms with Crippen LogP contribution in [0.15, 0.2) is 17.6 Å². The summed E-state index contributed by atoms with van der Waals surface area (Å²) in [7, 11) is 0. The van der Waals surface area contributed by atoms with Crippen LogP contribution in [0.5, 0.6) is 0 Å². The van der Waals surface area contributed by atoms with Crippen LogP contribution in [0.4, 0.5) is 0 Å². The summed E-state index contributed by atoms with van der Waals surface area (Å²) >= 11 is 2.90. The summed E-state index contributed by atoms with van der Waals surface area (Å²) in [5, 5.41) is 10.6. The van der Waals surface area contributed by atoms with Gasteiger partial charge in [0.05, 0.1) is 12.3 Å². The molecule has 7 heteroatoms. The highest BCUT2D eigenvalue weighted by Gasteiger charge is 2.23. The lowest BCUT2D eigenvalue weighted by Crippen LogP contribution is -2.18. The molecular weight excluding hydrogens is 306 g/mol. The zero-order chi connectivity index (χ0) is 15.6. The Bertz CT molecular complexity index is 641. The second kappa shape index (κ2) is 6.19. The summed E-state index contributed by atoms with van der Waals surface area (Å²) in [6.45, 7) is 9.03. The molecule has 2 aromatic heterocycles. The summed E-state index contributed by atoms with van der Waals surface area (Å²) in [5.74, 6) is -0.825. The molecule has 5 nitrogen and oxygen atoms in total. The van der Waals surface area contributed by atoms with E-state index in [1.807, 2.05) is 19.3 Å². The minimum absolute atomic E-state index is 0.0114. The summed E-state index contributed by atoms with van der Waals surface area (Å²) in [4.78, 5) is 20.7. The van der Waals surface area contributed by atoms with Crippen LogP contribution in [0.1, 0.15) is 36.3 Å². The Morgan fingerprint density at radius 1 is 1.38 bits per heavy atom. The van der Waals surface area contributed by atoms with Gasteiger partial charge in [0.25, 0.3) is 0 Å². The molecule has 0 saturated carbocycles. The maximum absolute atomic E-state index is 10.8. The van der Waals surface area contributed by atoms with E-state index < -0.39 is 5.97 Å². The van der Waals surface area contributed by atoms with E-state index in [0.717, 1.165) is 15.9 Å². The van der Waals surface area contributed by atoms with Crippen molar-refractivity contribution in [2.24, 2.45) is 0 Å². The Labute approximate surface area is 132 Å². The number of thioether (sulfide) groups is 1. The van der Waals surface area contributed by atoms with Gasteiger partial charge < -0.3 is 9.67 Å². The Hall–Kier alpha value is -1.34. The van der Waals surface area contributed by atoms with Crippen molar-refractivity contribution in [2.75, 3.05) is 5.75 Å². The molecule has 0 radical (unpaired) electrons. The van der Waals surface area contributed by atoms with Crippen LogP contribution < -0.4 is 0 Å². The van der Waals surface area contributed by atoms with E-state index in [9.17, 15) is 4.79 Å². The number of imidazole rings is 1. The number of carboxylic acid groups (broad SMARTS) is 1. The zero-order valence-electron chi connectivity index (χ0n) is 12.6. The first-order valence-electron chi connectivity index (χ1n) is 6.59. The van der Waals surface area contributed by atoms with E-state index in [0.29, 0.717) is 6.54 Å². The minimum atomic E-state index is -0.836. The van der Waals surface area contributed by atoms with Crippen molar-refractivity contribution < 1.29 is 9.90 Å². The number of hydrogen-bond acceptors (Lipinski definition) is 5. The molecule has 0 aliphatic rings. The van der Waals surface area contributed by atoms with Crippen molar-refractivity contribution >= 4 is 29.1 Å².